The van der Waals surface area contributed by atoms with E-state index < -0.39 is 0 Å². The lowest BCUT2D eigenvalue weighted by Crippen LogP contribution is -2.23. The first-order valence-electron chi connectivity index (χ1n) is 8.03. The summed E-state index contributed by atoms with van der Waals surface area (Å²) < 4.78 is 7.57. The molecule has 3 heterocycles. The summed E-state index contributed by atoms with van der Waals surface area (Å²) in [6.45, 7) is 3.21. The van der Waals surface area contributed by atoms with Gasteiger partial charge in [-0.05, 0) is 37.2 Å². The molecule has 1 aliphatic rings. The third-order valence-electron chi connectivity index (χ3n) is 3.98. The highest BCUT2D eigenvalue weighted by Gasteiger charge is 2.13. The number of aromatic nitrogens is 3. The Bertz CT molecular complexity index is 863. The van der Waals surface area contributed by atoms with Crippen molar-refractivity contribution in [2.45, 2.75) is 6.42 Å². The zero-order valence-electron chi connectivity index (χ0n) is 13.1. The zero-order valence-corrected chi connectivity index (χ0v) is 13.9. The van der Waals surface area contributed by atoms with Crippen molar-refractivity contribution in [3.05, 3.63) is 41.7 Å². The quantitative estimate of drug-likeness (QED) is 0.657. The van der Waals surface area contributed by atoms with E-state index in [2.05, 4.69) is 15.7 Å². The molecule has 2 aromatic heterocycles. The Morgan fingerprint density at radius 3 is 3.04 bits per heavy atom. The molecule has 0 saturated heterocycles. The summed E-state index contributed by atoms with van der Waals surface area (Å²) in [6.07, 6.45) is 4.70. The normalized spacial score (nSPS) is 15.4. The zero-order chi connectivity index (χ0) is 16.4. The highest BCUT2D eigenvalue weighted by atomic mass is 35.5. The molecule has 0 saturated carbocycles. The minimum absolute atomic E-state index is 0.615. The van der Waals surface area contributed by atoms with Crippen molar-refractivity contribution in [2.24, 2.45) is 0 Å². The molecule has 0 aliphatic carbocycles. The molecular formula is C17H18ClN5O. The minimum atomic E-state index is 0.615. The van der Waals surface area contributed by atoms with Gasteiger partial charge < -0.3 is 15.4 Å². The van der Waals surface area contributed by atoms with Gasteiger partial charge in [-0.1, -0.05) is 11.6 Å². The number of anilines is 1. The van der Waals surface area contributed by atoms with Crippen LogP contribution in [0, 0.1) is 0 Å². The van der Waals surface area contributed by atoms with Gasteiger partial charge in [-0.2, -0.15) is 5.10 Å². The standard InChI is InChI=1S/C17H18ClN5O/c18-15-3-2-12-10-13(15)14-11-21-23-8-4-16(22-17(14)23)20-6-1-5-19-7-9-24-12/h2-4,8,10-11,19H,1,5-7,9H2,(H,20,22). The van der Waals surface area contributed by atoms with Crippen molar-refractivity contribution in [3.8, 4) is 16.9 Å². The van der Waals surface area contributed by atoms with Crippen molar-refractivity contribution < 1.29 is 4.74 Å². The van der Waals surface area contributed by atoms with Crippen LogP contribution < -0.4 is 15.4 Å². The maximum atomic E-state index is 6.41. The fourth-order valence-corrected chi connectivity index (χ4v) is 2.97. The second-order valence-corrected chi connectivity index (χ2v) is 6.07. The number of benzene rings is 1. The fourth-order valence-electron chi connectivity index (χ4n) is 2.75. The highest BCUT2D eigenvalue weighted by molar-refractivity contribution is 6.33. The molecule has 4 bridgehead atoms. The van der Waals surface area contributed by atoms with Crippen molar-refractivity contribution in [1.29, 1.82) is 0 Å². The second kappa shape index (κ2) is 6.67. The highest BCUT2D eigenvalue weighted by Crippen LogP contribution is 2.33. The van der Waals surface area contributed by atoms with Crippen LogP contribution in [-0.2, 0) is 0 Å². The summed E-state index contributed by atoms with van der Waals surface area (Å²) in [5.74, 6) is 1.63. The molecule has 3 aromatic rings. The monoisotopic (exact) mass is 343 g/mol. The lowest BCUT2D eigenvalue weighted by atomic mass is 10.1. The molecule has 0 amide bonds. The average Bonchev–Trinajstić information content (AvgIpc) is 3.01. The number of halogens is 1. The molecule has 0 spiro atoms. The summed E-state index contributed by atoms with van der Waals surface area (Å²) in [5.41, 5.74) is 2.53. The third kappa shape index (κ3) is 3.02. The Labute approximate surface area is 144 Å². The molecule has 0 radical (unpaired) electrons. The Balaban J connectivity index is 1.82. The SMILES string of the molecule is Clc1ccc2cc1-c1cnn3ccc(nc13)NCCCNCCO2. The predicted molar refractivity (Wildman–Crippen MR) is 94.9 cm³/mol. The fraction of sp³-hybridized carbons (Fsp3) is 0.294. The first-order chi connectivity index (χ1) is 11.8. The van der Waals surface area contributed by atoms with E-state index in [9.17, 15) is 0 Å². The molecule has 24 heavy (non-hydrogen) atoms. The molecule has 1 aliphatic heterocycles. The summed E-state index contributed by atoms with van der Waals surface area (Å²) in [4.78, 5) is 4.69. The van der Waals surface area contributed by atoms with Gasteiger partial charge in [0.15, 0.2) is 5.65 Å². The van der Waals surface area contributed by atoms with Gasteiger partial charge in [-0.25, -0.2) is 9.50 Å². The van der Waals surface area contributed by atoms with Crippen molar-refractivity contribution >= 4 is 23.1 Å². The van der Waals surface area contributed by atoms with E-state index >= 15 is 0 Å². The van der Waals surface area contributed by atoms with Gasteiger partial charge in [0.25, 0.3) is 0 Å². The summed E-state index contributed by atoms with van der Waals surface area (Å²) in [7, 11) is 0. The van der Waals surface area contributed by atoms with Crippen LogP contribution in [0.25, 0.3) is 16.8 Å². The van der Waals surface area contributed by atoms with E-state index in [1.807, 2.05) is 30.5 Å². The number of rotatable bonds is 0. The van der Waals surface area contributed by atoms with Gasteiger partial charge in [0, 0.05) is 35.4 Å². The van der Waals surface area contributed by atoms with Gasteiger partial charge >= 0.3 is 0 Å². The molecule has 0 unspecified atom stereocenters. The van der Waals surface area contributed by atoms with E-state index in [0.29, 0.717) is 11.6 Å². The lowest BCUT2D eigenvalue weighted by Gasteiger charge is -2.09. The van der Waals surface area contributed by atoms with Crippen LogP contribution in [0.1, 0.15) is 6.42 Å². The summed E-state index contributed by atoms with van der Waals surface area (Å²) in [5, 5.41) is 11.8. The van der Waals surface area contributed by atoms with E-state index in [1.165, 1.54) is 0 Å². The maximum absolute atomic E-state index is 6.41. The van der Waals surface area contributed by atoms with E-state index in [0.717, 1.165) is 54.4 Å². The molecule has 6 nitrogen and oxygen atoms in total. The van der Waals surface area contributed by atoms with Gasteiger partial charge in [0.1, 0.15) is 18.2 Å². The first kappa shape index (κ1) is 15.2. The van der Waals surface area contributed by atoms with E-state index in [-0.39, 0.29) is 0 Å². The smallest absolute Gasteiger partial charge is 0.165 e. The Morgan fingerprint density at radius 1 is 1.12 bits per heavy atom. The predicted octanol–water partition coefficient (Wildman–Crippen LogP) is 2.83. The topological polar surface area (TPSA) is 63.5 Å². The van der Waals surface area contributed by atoms with Crippen LogP contribution in [0.3, 0.4) is 0 Å². The molecule has 0 atom stereocenters. The number of hydrogen-bond acceptors (Lipinski definition) is 5. The Hall–Kier alpha value is -2.31. The lowest BCUT2D eigenvalue weighted by molar-refractivity contribution is 0.314. The van der Waals surface area contributed by atoms with Crippen LogP contribution in [0.15, 0.2) is 36.7 Å². The third-order valence-corrected chi connectivity index (χ3v) is 4.31. The summed E-state index contributed by atoms with van der Waals surface area (Å²) >= 11 is 6.41. The Morgan fingerprint density at radius 2 is 2.08 bits per heavy atom. The van der Waals surface area contributed by atoms with Crippen molar-refractivity contribution in [1.82, 2.24) is 19.9 Å². The minimum Gasteiger partial charge on any atom is -0.492 e. The van der Waals surface area contributed by atoms with Gasteiger partial charge in [0.05, 0.1) is 6.20 Å². The molecule has 0 fully saturated rings. The van der Waals surface area contributed by atoms with Gasteiger partial charge in [-0.3, -0.25) is 0 Å². The average molecular weight is 344 g/mol. The number of fused-ring (bicyclic) bond motifs is 4. The van der Waals surface area contributed by atoms with Crippen LogP contribution in [-0.4, -0.2) is 40.8 Å². The van der Waals surface area contributed by atoms with Gasteiger partial charge in [0.2, 0.25) is 0 Å². The molecule has 4 rings (SSSR count). The van der Waals surface area contributed by atoms with Crippen LogP contribution >= 0.6 is 11.6 Å². The molecule has 7 heteroatoms. The molecule has 2 N–H and O–H groups in total. The number of hydrogen-bond donors (Lipinski definition) is 2. The number of nitrogens with one attached hydrogen (secondary N) is 2. The van der Waals surface area contributed by atoms with Crippen LogP contribution in [0.4, 0.5) is 5.82 Å². The van der Waals surface area contributed by atoms with Crippen LogP contribution in [0.2, 0.25) is 5.02 Å². The Kier molecular flexibility index (Phi) is 4.23. The van der Waals surface area contributed by atoms with Crippen LogP contribution in [0.5, 0.6) is 5.75 Å². The summed E-state index contributed by atoms with van der Waals surface area (Å²) in [6, 6.07) is 7.61. The van der Waals surface area contributed by atoms with E-state index in [1.54, 1.807) is 10.7 Å². The van der Waals surface area contributed by atoms with Crippen molar-refractivity contribution in [2.75, 3.05) is 31.6 Å². The first-order valence-corrected chi connectivity index (χ1v) is 8.41. The largest absolute Gasteiger partial charge is 0.492 e. The molecule has 124 valence electrons. The number of nitrogens with zero attached hydrogens (tertiary/aromatic N) is 3. The van der Waals surface area contributed by atoms with E-state index in [4.69, 9.17) is 21.3 Å². The maximum Gasteiger partial charge on any atom is 0.165 e. The molecule has 1 aromatic carbocycles. The van der Waals surface area contributed by atoms with Crippen molar-refractivity contribution in [3.63, 3.8) is 0 Å². The van der Waals surface area contributed by atoms with Gasteiger partial charge in [-0.15, -0.1) is 0 Å². The second-order valence-electron chi connectivity index (χ2n) is 5.66. The molecular weight excluding hydrogens is 326 g/mol. The number of ether oxygens (including phenoxy) is 1.